The molecule has 0 aliphatic carbocycles. The molecule has 0 spiro atoms. The lowest BCUT2D eigenvalue weighted by atomic mass is 9.83. The number of piperidine rings is 1. The van der Waals surface area contributed by atoms with E-state index in [9.17, 15) is 4.79 Å². The number of carbonyl (C=O) groups excluding carboxylic acids is 1. The Labute approximate surface area is 134 Å². The highest BCUT2D eigenvalue weighted by atomic mass is 16.5. The van der Waals surface area contributed by atoms with Crippen LogP contribution in [0.3, 0.4) is 0 Å². The lowest BCUT2D eigenvalue weighted by molar-refractivity contribution is 0.0889. The van der Waals surface area contributed by atoms with Crippen LogP contribution in [0.4, 0.5) is 0 Å². The quantitative estimate of drug-likeness (QED) is 0.856. The van der Waals surface area contributed by atoms with Crippen LogP contribution >= 0.6 is 0 Å². The van der Waals surface area contributed by atoms with Gasteiger partial charge in [0.25, 0.3) is 0 Å². The Morgan fingerprint density at radius 3 is 2.41 bits per heavy atom. The molecule has 0 saturated carbocycles. The number of carbonyl (C=O) groups is 1. The fraction of sp³-hybridized carbons (Fsp3) is 0.632. The molecule has 0 radical (unpaired) electrons. The average molecular weight is 303 g/mol. The first-order valence-electron chi connectivity index (χ1n) is 8.35. The summed E-state index contributed by atoms with van der Waals surface area (Å²) in [5.41, 5.74) is 1.97. The van der Waals surface area contributed by atoms with Crippen molar-refractivity contribution in [3.63, 3.8) is 0 Å². The molecule has 1 aromatic carbocycles. The molecule has 1 fully saturated rings. The summed E-state index contributed by atoms with van der Waals surface area (Å²) in [5.74, 6) is 1.08. The van der Waals surface area contributed by atoms with Crippen molar-refractivity contribution >= 4 is 5.78 Å². The minimum Gasteiger partial charge on any atom is -0.490 e. The molecule has 3 nitrogen and oxygen atoms in total. The van der Waals surface area contributed by atoms with E-state index in [1.165, 1.54) is 5.56 Å². The minimum absolute atomic E-state index is 0.0273. The first-order valence-corrected chi connectivity index (χ1v) is 8.35. The fourth-order valence-corrected chi connectivity index (χ4v) is 2.85. The van der Waals surface area contributed by atoms with E-state index >= 15 is 0 Å². The zero-order chi connectivity index (χ0) is 16.3. The number of hydrogen-bond acceptors (Lipinski definition) is 3. The van der Waals surface area contributed by atoms with Crippen LogP contribution in [-0.4, -0.2) is 25.0 Å². The topological polar surface area (TPSA) is 38.3 Å². The van der Waals surface area contributed by atoms with Gasteiger partial charge in [-0.3, -0.25) is 4.79 Å². The maximum absolute atomic E-state index is 13.0. The predicted octanol–water partition coefficient (Wildman–Crippen LogP) is 3.95. The number of rotatable bonds is 4. The van der Waals surface area contributed by atoms with Crippen LogP contribution in [-0.2, 0) is 5.41 Å². The van der Waals surface area contributed by atoms with Crippen molar-refractivity contribution in [1.82, 2.24) is 5.32 Å². The maximum atomic E-state index is 13.0. The highest BCUT2D eigenvalue weighted by Gasteiger charge is 2.26. The smallest absolute Gasteiger partial charge is 0.169 e. The van der Waals surface area contributed by atoms with Gasteiger partial charge < -0.3 is 10.1 Å². The molecule has 1 aromatic rings. The van der Waals surface area contributed by atoms with Crippen molar-refractivity contribution in [3.05, 3.63) is 29.3 Å². The summed E-state index contributed by atoms with van der Waals surface area (Å²) in [4.78, 5) is 13.0. The first-order chi connectivity index (χ1) is 10.3. The maximum Gasteiger partial charge on any atom is 0.169 e. The largest absolute Gasteiger partial charge is 0.490 e. The summed E-state index contributed by atoms with van der Waals surface area (Å²) in [7, 11) is 0. The molecular formula is C19H29NO2. The molecule has 1 N–H and O–H groups in total. The van der Waals surface area contributed by atoms with Crippen LogP contribution in [0, 0.1) is 5.92 Å². The molecule has 1 heterocycles. The van der Waals surface area contributed by atoms with Crippen LogP contribution < -0.4 is 10.1 Å². The molecule has 1 saturated heterocycles. The molecule has 2 rings (SSSR count). The third kappa shape index (κ3) is 4.10. The van der Waals surface area contributed by atoms with Crippen molar-refractivity contribution in [1.29, 1.82) is 0 Å². The van der Waals surface area contributed by atoms with E-state index in [1.54, 1.807) is 0 Å². The Kier molecular flexibility index (Phi) is 5.28. The molecule has 0 aromatic heterocycles. The van der Waals surface area contributed by atoms with Gasteiger partial charge in [-0.05, 0) is 62.9 Å². The van der Waals surface area contributed by atoms with Gasteiger partial charge in [0.1, 0.15) is 5.75 Å². The van der Waals surface area contributed by atoms with E-state index in [2.05, 4.69) is 32.2 Å². The van der Waals surface area contributed by atoms with Gasteiger partial charge >= 0.3 is 0 Å². The highest BCUT2D eigenvalue weighted by Crippen LogP contribution is 2.31. The second-order valence-electron chi connectivity index (χ2n) is 7.52. The summed E-state index contributed by atoms with van der Waals surface area (Å²) < 4.78 is 5.89. The number of benzene rings is 1. The molecule has 1 aliphatic heterocycles. The highest BCUT2D eigenvalue weighted by molar-refractivity contribution is 6.00. The van der Waals surface area contributed by atoms with Crippen molar-refractivity contribution < 1.29 is 9.53 Å². The van der Waals surface area contributed by atoms with E-state index in [0.717, 1.165) is 37.2 Å². The Hall–Kier alpha value is -1.35. The molecule has 22 heavy (non-hydrogen) atoms. The van der Waals surface area contributed by atoms with Crippen LogP contribution in [0.25, 0.3) is 0 Å². The van der Waals surface area contributed by atoms with Gasteiger partial charge in [-0.1, -0.05) is 26.8 Å². The zero-order valence-corrected chi connectivity index (χ0v) is 14.5. The minimum atomic E-state index is 0.0273. The second kappa shape index (κ2) is 6.82. The predicted molar refractivity (Wildman–Crippen MR) is 90.8 cm³/mol. The van der Waals surface area contributed by atoms with Crippen molar-refractivity contribution in [2.45, 2.75) is 59.0 Å². The second-order valence-corrected chi connectivity index (χ2v) is 7.52. The van der Waals surface area contributed by atoms with Gasteiger partial charge in [0.05, 0.1) is 11.7 Å². The number of ketones is 1. The fourth-order valence-electron chi connectivity index (χ4n) is 2.85. The van der Waals surface area contributed by atoms with Crippen LogP contribution in [0.1, 0.15) is 63.4 Å². The van der Waals surface area contributed by atoms with Gasteiger partial charge in [-0.15, -0.1) is 0 Å². The van der Waals surface area contributed by atoms with Gasteiger partial charge in [0.15, 0.2) is 5.78 Å². The van der Waals surface area contributed by atoms with E-state index in [-0.39, 0.29) is 23.2 Å². The lowest BCUT2D eigenvalue weighted by Gasteiger charge is -2.25. The molecule has 3 heteroatoms. The molecule has 0 atom stereocenters. The Balaban J connectivity index is 2.37. The van der Waals surface area contributed by atoms with E-state index in [1.807, 2.05) is 26.0 Å². The van der Waals surface area contributed by atoms with Crippen LogP contribution in [0.5, 0.6) is 5.75 Å². The Bertz CT molecular complexity index is 523. The molecule has 0 amide bonds. The molecule has 122 valence electrons. The number of Topliss-reactive ketones (excluding diaryl/α,β-unsaturated/α-hetero) is 1. The lowest BCUT2D eigenvalue weighted by Crippen LogP contribution is -2.32. The Morgan fingerprint density at radius 1 is 1.23 bits per heavy atom. The monoisotopic (exact) mass is 303 g/mol. The molecular weight excluding hydrogens is 274 g/mol. The standard InChI is InChI=1S/C19H29NO2/c1-13(2)22-17-7-6-15(19(3,4)5)12-16(17)18(21)14-8-10-20-11-9-14/h6-7,12-14,20H,8-11H2,1-5H3. The zero-order valence-electron chi connectivity index (χ0n) is 14.5. The van der Waals surface area contributed by atoms with Gasteiger partial charge in [-0.25, -0.2) is 0 Å². The SMILES string of the molecule is CC(C)Oc1ccc(C(C)(C)C)cc1C(=O)C1CCNCC1. The molecule has 0 bridgehead atoms. The summed E-state index contributed by atoms with van der Waals surface area (Å²) in [6.07, 6.45) is 1.90. The summed E-state index contributed by atoms with van der Waals surface area (Å²) in [5, 5.41) is 3.32. The van der Waals surface area contributed by atoms with Gasteiger partial charge in [-0.2, -0.15) is 0 Å². The first kappa shape index (κ1) is 17.0. The number of hydrogen-bond donors (Lipinski definition) is 1. The van der Waals surface area contributed by atoms with E-state index in [0.29, 0.717) is 0 Å². The molecule has 1 aliphatic rings. The van der Waals surface area contributed by atoms with Gasteiger partial charge in [0.2, 0.25) is 0 Å². The number of ether oxygens (including phenoxy) is 1. The van der Waals surface area contributed by atoms with Crippen molar-refractivity contribution in [3.8, 4) is 5.75 Å². The van der Waals surface area contributed by atoms with E-state index < -0.39 is 0 Å². The van der Waals surface area contributed by atoms with E-state index in [4.69, 9.17) is 4.74 Å². The third-order valence-electron chi connectivity index (χ3n) is 4.18. The van der Waals surface area contributed by atoms with Crippen LogP contribution in [0.15, 0.2) is 18.2 Å². The van der Waals surface area contributed by atoms with Gasteiger partial charge in [0, 0.05) is 5.92 Å². The van der Waals surface area contributed by atoms with Crippen molar-refractivity contribution in [2.75, 3.05) is 13.1 Å². The third-order valence-corrected chi connectivity index (χ3v) is 4.18. The normalized spacial score (nSPS) is 16.8. The number of nitrogens with one attached hydrogen (secondary N) is 1. The van der Waals surface area contributed by atoms with Crippen molar-refractivity contribution in [2.24, 2.45) is 5.92 Å². The van der Waals surface area contributed by atoms with Crippen LogP contribution in [0.2, 0.25) is 0 Å². The summed E-state index contributed by atoms with van der Waals surface area (Å²) in [6.45, 7) is 12.4. The average Bonchev–Trinajstić information content (AvgIpc) is 2.46. The summed E-state index contributed by atoms with van der Waals surface area (Å²) >= 11 is 0. The summed E-state index contributed by atoms with van der Waals surface area (Å²) in [6, 6.07) is 6.09. The molecule has 0 unspecified atom stereocenters. The Morgan fingerprint density at radius 2 is 1.86 bits per heavy atom.